The normalized spacial score (nSPS) is 13.7. The number of aliphatic hydroxyl groups is 1. The van der Waals surface area contributed by atoms with E-state index in [1.807, 2.05) is 6.92 Å². The van der Waals surface area contributed by atoms with Crippen molar-refractivity contribution in [3.05, 3.63) is 0 Å². The van der Waals surface area contributed by atoms with Gasteiger partial charge in [-0.2, -0.15) is 0 Å². The van der Waals surface area contributed by atoms with E-state index in [4.69, 9.17) is 0 Å². The van der Waals surface area contributed by atoms with Crippen molar-refractivity contribution in [1.82, 2.24) is 0 Å². The molecule has 0 radical (unpaired) electrons. The maximum Gasteiger partial charge on any atom is 1.00 e. The molecule has 0 rings (SSSR count). The van der Waals surface area contributed by atoms with Crippen LogP contribution in [0, 0.1) is 0 Å². The molecule has 0 aromatic heterocycles. The molecule has 1 N–H and O–H groups in total. The van der Waals surface area contributed by atoms with Gasteiger partial charge in [0.1, 0.15) is 0 Å². The van der Waals surface area contributed by atoms with Crippen LogP contribution in [-0.2, 0) is 10.1 Å². The fraction of sp³-hybridized carbons (Fsp3) is 1.00. The Morgan fingerprint density at radius 3 is 1.40 bits per heavy atom. The molecule has 0 fully saturated rings. The van der Waals surface area contributed by atoms with Gasteiger partial charge in [0, 0.05) is 5.25 Å². The standard InChI is InChI=1S/C24H50O4S.K/c1-3-5-7-8-9-10-11-12-13-14-15-16-17-19-23(25)20-18-22-24(21-6-4-2)29(26,27)28;/h23-25H,3-22H2,1-2H3,(H,26,27,28);/q;+1/p-1. The van der Waals surface area contributed by atoms with Gasteiger partial charge in [-0.15, -0.1) is 0 Å². The summed E-state index contributed by atoms with van der Waals surface area (Å²) in [4.78, 5) is 0. The molecule has 0 saturated carbocycles. The number of rotatable bonds is 22. The van der Waals surface area contributed by atoms with Crippen LogP contribution >= 0.6 is 0 Å². The average molecular weight is 473 g/mol. The summed E-state index contributed by atoms with van der Waals surface area (Å²) in [5.41, 5.74) is 0. The van der Waals surface area contributed by atoms with E-state index in [1.54, 1.807) is 0 Å². The Hall–Kier alpha value is 1.51. The summed E-state index contributed by atoms with van der Waals surface area (Å²) in [5.74, 6) is 0. The molecule has 4 nitrogen and oxygen atoms in total. The Morgan fingerprint density at radius 1 is 0.600 bits per heavy atom. The zero-order valence-corrected chi connectivity index (χ0v) is 24.3. The van der Waals surface area contributed by atoms with Crippen LogP contribution in [0.2, 0.25) is 0 Å². The van der Waals surface area contributed by atoms with Crippen LogP contribution in [0.4, 0.5) is 0 Å². The van der Waals surface area contributed by atoms with Crippen molar-refractivity contribution in [2.24, 2.45) is 0 Å². The molecule has 0 aromatic rings. The van der Waals surface area contributed by atoms with E-state index < -0.39 is 15.4 Å². The van der Waals surface area contributed by atoms with Crippen molar-refractivity contribution in [1.29, 1.82) is 0 Å². The van der Waals surface area contributed by atoms with Crippen LogP contribution in [0.15, 0.2) is 0 Å². The van der Waals surface area contributed by atoms with Crippen LogP contribution in [0.1, 0.15) is 142 Å². The smallest absolute Gasteiger partial charge is 0.748 e. The first-order valence-corrected chi connectivity index (χ1v) is 14.0. The molecule has 0 bridgehead atoms. The minimum absolute atomic E-state index is 0. The van der Waals surface area contributed by atoms with Gasteiger partial charge in [0.25, 0.3) is 0 Å². The third-order valence-corrected chi connectivity index (χ3v) is 7.28. The van der Waals surface area contributed by atoms with E-state index in [2.05, 4.69) is 6.92 Å². The molecule has 2 atom stereocenters. The second-order valence-corrected chi connectivity index (χ2v) is 10.5. The zero-order valence-electron chi connectivity index (χ0n) is 20.4. The number of hydrogen-bond acceptors (Lipinski definition) is 4. The largest absolute Gasteiger partial charge is 1.00 e. The zero-order chi connectivity index (χ0) is 21.8. The summed E-state index contributed by atoms with van der Waals surface area (Å²) < 4.78 is 33.9. The van der Waals surface area contributed by atoms with Crippen molar-refractivity contribution in [3.63, 3.8) is 0 Å². The van der Waals surface area contributed by atoms with Crippen molar-refractivity contribution in [2.45, 2.75) is 154 Å². The van der Waals surface area contributed by atoms with Gasteiger partial charge in [0.15, 0.2) is 0 Å². The monoisotopic (exact) mass is 472 g/mol. The molecule has 0 aliphatic heterocycles. The van der Waals surface area contributed by atoms with E-state index in [1.165, 1.54) is 77.0 Å². The molecule has 30 heavy (non-hydrogen) atoms. The Kier molecular flexibility index (Phi) is 26.6. The fourth-order valence-electron chi connectivity index (χ4n) is 3.99. The summed E-state index contributed by atoms with van der Waals surface area (Å²) in [7, 11) is -4.21. The van der Waals surface area contributed by atoms with Crippen LogP contribution in [0.25, 0.3) is 0 Å². The van der Waals surface area contributed by atoms with E-state index >= 15 is 0 Å². The second-order valence-electron chi connectivity index (χ2n) is 8.87. The number of unbranched alkanes of at least 4 members (excludes halogenated alkanes) is 13. The summed E-state index contributed by atoms with van der Waals surface area (Å²) in [6.45, 7) is 4.25. The van der Waals surface area contributed by atoms with Gasteiger partial charge >= 0.3 is 51.4 Å². The first kappa shape index (κ1) is 33.7. The Balaban J connectivity index is 0. The van der Waals surface area contributed by atoms with Gasteiger partial charge in [-0.05, 0) is 32.1 Å². The van der Waals surface area contributed by atoms with Crippen molar-refractivity contribution in [2.75, 3.05) is 0 Å². The third-order valence-electron chi connectivity index (χ3n) is 5.99. The first-order valence-electron chi connectivity index (χ1n) is 12.5. The number of hydrogen-bond donors (Lipinski definition) is 1. The molecule has 0 heterocycles. The average Bonchev–Trinajstić information content (AvgIpc) is 2.67. The SMILES string of the molecule is CCCCCCCCCCCCCCCC(O)CCCC(CCCC)S(=O)(=O)[O-].[K+]. The Morgan fingerprint density at radius 2 is 0.967 bits per heavy atom. The molecule has 0 aliphatic rings. The molecule has 0 amide bonds. The molecule has 176 valence electrons. The third kappa shape index (κ3) is 22.7. The first-order chi connectivity index (χ1) is 13.9. The summed E-state index contributed by atoms with van der Waals surface area (Å²) in [5, 5.41) is 9.32. The van der Waals surface area contributed by atoms with Crippen LogP contribution in [-0.4, -0.2) is 29.4 Å². The minimum Gasteiger partial charge on any atom is -0.748 e. The molecule has 0 spiro atoms. The maximum absolute atomic E-state index is 11.3. The molecular formula is C24H49KO4S. The van der Waals surface area contributed by atoms with Gasteiger partial charge < -0.3 is 9.66 Å². The van der Waals surface area contributed by atoms with E-state index in [-0.39, 0.29) is 57.5 Å². The van der Waals surface area contributed by atoms with Crippen molar-refractivity contribution < 1.29 is 69.5 Å². The van der Waals surface area contributed by atoms with Gasteiger partial charge in [-0.25, -0.2) is 8.42 Å². The van der Waals surface area contributed by atoms with Gasteiger partial charge in [0.2, 0.25) is 0 Å². The van der Waals surface area contributed by atoms with E-state index in [9.17, 15) is 18.1 Å². The molecule has 0 aliphatic carbocycles. The van der Waals surface area contributed by atoms with E-state index in [0.29, 0.717) is 25.7 Å². The second kappa shape index (κ2) is 23.7. The predicted octanol–water partition coefficient (Wildman–Crippen LogP) is 4.11. The molecule has 2 unspecified atom stereocenters. The summed E-state index contributed by atoms with van der Waals surface area (Å²) in [6, 6.07) is 0. The van der Waals surface area contributed by atoms with Crippen molar-refractivity contribution in [3.8, 4) is 0 Å². The summed E-state index contributed by atoms with van der Waals surface area (Å²) >= 11 is 0. The van der Waals surface area contributed by atoms with E-state index in [0.717, 1.165) is 25.7 Å². The Labute approximate surface area is 230 Å². The van der Waals surface area contributed by atoms with Crippen LogP contribution < -0.4 is 51.4 Å². The quantitative estimate of drug-likeness (QED) is 0.146. The topological polar surface area (TPSA) is 77.4 Å². The van der Waals surface area contributed by atoms with Gasteiger partial charge in [-0.3, -0.25) is 0 Å². The fourth-order valence-corrected chi connectivity index (χ4v) is 4.90. The minimum atomic E-state index is -4.21. The molecule has 0 aromatic carbocycles. The predicted molar refractivity (Wildman–Crippen MR) is 123 cm³/mol. The summed E-state index contributed by atoms with van der Waals surface area (Å²) in [6.07, 6.45) is 21.3. The van der Waals surface area contributed by atoms with Crippen LogP contribution in [0.5, 0.6) is 0 Å². The maximum atomic E-state index is 11.3. The molecular weight excluding hydrogens is 423 g/mol. The van der Waals surface area contributed by atoms with Gasteiger partial charge in [-0.1, -0.05) is 110 Å². The number of aliphatic hydroxyl groups excluding tert-OH is 1. The van der Waals surface area contributed by atoms with Gasteiger partial charge in [0.05, 0.1) is 16.2 Å². The molecule has 6 heteroatoms. The van der Waals surface area contributed by atoms with Crippen LogP contribution in [0.3, 0.4) is 0 Å². The molecule has 0 saturated heterocycles. The Bertz CT molecular complexity index is 442. The van der Waals surface area contributed by atoms with Crippen molar-refractivity contribution >= 4 is 10.1 Å².